The maximum absolute atomic E-state index is 9.44. The molecule has 0 aliphatic carbocycles. The van der Waals surface area contributed by atoms with Crippen LogP contribution in [-0.2, 0) is 0 Å². The van der Waals surface area contributed by atoms with Crippen LogP contribution in [0.5, 0.6) is 5.75 Å². The summed E-state index contributed by atoms with van der Waals surface area (Å²) in [6.45, 7) is 3.48. The van der Waals surface area contributed by atoms with Gasteiger partial charge in [0.15, 0.2) is 0 Å². The van der Waals surface area contributed by atoms with Gasteiger partial charge < -0.3 is 9.84 Å². The topological polar surface area (TPSA) is 53.2 Å². The molecule has 3 nitrogen and oxygen atoms in total. The number of nitrogens with zero attached hydrogens (tertiary/aromatic N) is 1. The average molecular weight is 226 g/mol. The number of ether oxygens (including phenoxy) is 1. The molecule has 0 saturated carbocycles. The predicted octanol–water partition coefficient (Wildman–Crippen LogP) is 2.36. The van der Waals surface area contributed by atoms with E-state index in [2.05, 4.69) is 0 Å². The Hall–Kier alpha value is -1.24. The van der Waals surface area contributed by atoms with E-state index in [1.165, 1.54) is 0 Å². The van der Waals surface area contributed by atoms with Crippen LogP contribution in [0.4, 0.5) is 0 Å². The number of benzene rings is 1. The van der Waals surface area contributed by atoms with E-state index in [9.17, 15) is 5.11 Å². The van der Waals surface area contributed by atoms with Crippen molar-refractivity contribution >= 4 is 11.6 Å². The lowest BCUT2D eigenvalue weighted by atomic mass is 10.2. The highest BCUT2D eigenvalue weighted by Crippen LogP contribution is 2.22. The van der Waals surface area contributed by atoms with Crippen molar-refractivity contribution in [2.24, 2.45) is 0 Å². The summed E-state index contributed by atoms with van der Waals surface area (Å²) in [6, 6.07) is 6.75. The molecule has 15 heavy (non-hydrogen) atoms. The molecule has 0 aliphatic heterocycles. The van der Waals surface area contributed by atoms with Gasteiger partial charge in [0.05, 0.1) is 16.2 Å². The third kappa shape index (κ3) is 3.78. The molecular formula is C11H12ClNO2. The Morgan fingerprint density at radius 1 is 1.53 bits per heavy atom. The minimum atomic E-state index is -0.889. The molecule has 1 rings (SSSR count). The highest BCUT2D eigenvalue weighted by Gasteiger charge is 2.13. The van der Waals surface area contributed by atoms with E-state index in [-0.39, 0.29) is 6.61 Å². The maximum atomic E-state index is 9.44. The Morgan fingerprint density at radius 2 is 2.20 bits per heavy atom. The van der Waals surface area contributed by atoms with Crippen molar-refractivity contribution in [3.05, 3.63) is 28.8 Å². The van der Waals surface area contributed by atoms with Crippen LogP contribution in [0.3, 0.4) is 0 Å². The second-order valence-electron chi connectivity index (χ2n) is 3.85. The average Bonchev–Trinajstić information content (AvgIpc) is 2.14. The summed E-state index contributed by atoms with van der Waals surface area (Å²) in [6.07, 6.45) is 0. The Labute approximate surface area is 93.9 Å². The van der Waals surface area contributed by atoms with Crippen LogP contribution < -0.4 is 4.74 Å². The van der Waals surface area contributed by atoms with Crippen LogP contribution in [0, 0.1) is 11.3 Å². The van der Waals surface area contributed by atoms with Gasteiger partial charge in [-0.1, -0.05) is 11.6 Å². The van der Waals surface area contributed by atoms with Crippen molar-refractivity contribution in [3.63, 3.8) is 0 Å². The molecule has 4 heteroatoms. The fraction of sp³-hybridized carbons (Fsp3) is 0.364. The molecule has 0 spiro atoms. The third-order valence-corrected chi connectivity index (χ3v) is 1.97. The third-order valence-electron chi connectivity index (χ3n) is 1.65. The largest absolute Gasteiger partial charge is 0.491 e. The van der Waals surface area contributed by atoms with E-state index in [1.54, 1.807) is 32.0 Å². The molecule has 1 aromatic rings. The van der Waals surface area contributed by atoms with E-state index >= 15 is 0 Å². The van der Waals surface area contributed by atoms with E-state index in [4.69, 9.17) is 21.6 Å². The molecule has 1 aromatic carbocycles. The summed E-state index contributed by atoms with van der Waals surface area (Å²) in [5.41, 5.74) is -0.479. The predicted molar refractivity (Wildman–Crippen MR) is 58.0 cm³/mol. The van der Waals surface area contributed by atoms with Crippen molar-refractivity contribution in [1.29, 1.82) is 5.26 Å². The quantitative estimate of drug-likeness (QED) is 0.859. The van der Waals surface area contributed by atoms with Gasteiger partial charge in [-0.25, -0.2) is 0 Å². The number of hydrogen-bond acceptors (Lipinski definition) is 3. The number of nitriles is 1. The summed E-state index contributed by atoms with van der Waals surface area (Å²) in [4.78, 5) is 0. The van der Waals surface area contributed by atoms with Crippen molar-refractivity contribution in [3.8, 4) is 11.8 Å². The van der Waals surface area contributed by atoms with Gasteiger partial charge in [0.25, 0.3) is 0 Å². The number of rotatable bonds is 3. The first-order chi connectivity index (χ1) is 6.92. The maximum Gasteiger partial charge on any atom is 0.121 e. The van der Waals surface area contributed by atoms with Gasteiger partial charge in [-0.05, 0) is 26.0 Å². The van der Waals surface area contributed by atoms with E-state index in [1.807, 2.05) is 6.07 Å². The zero-order valence-corrected chi connectivity index (χ0v) is 9.38. The van der Waals surface area contributed by atoms with Crippen LogP contribution in [-0.4, -0.2) is 17.3 Å². The Morgan fingerprint density at radius 3 is 2.67 bits per heavy atom. The minimum Gasteiger partial charge on any atom is -0.491 e. The highest BCUT2D eigenvalue weighted by molar-refractivity contribution is 6.31. The van der Waals surface area contributed by atoms with Gasteiger partial charge in [0.2, 0.25) is 0 Å². The fourth-order valence-corrected chi connectivity index (χ4v) is 1.15. The molecular weight excluding hydrogens is 214 g/mol. The van der Waals surface area contributed by atoms with Crippen molar-refractivity contribution < 1.29 is 9.84 Å². The summed E-state index contributed by atoms with van der Waals surface area (Å²) >= 11 is 5.81. The monoisotopic (exact) mass is 225 g/mol. The Kier molecular flexibility index (Phi) is 3.57. The molecule has 1 N–H and O–H groups in total. The summed E-state index contributed by atoms with van der Waals surface area (Å²) in [5, 5.41) is 18.4. The number of hydrogen-bond donors (Lipinski definition) is 1. The van der Waals surface area contributed by atoms with Crippen LogP contribution in [0.25, 0.3) is 0 Å². The van der Waals surface area contributed by atoms with Gasteiger partial charge in [-0.15, -0.1) is 0 Å². The zero-order chi connectivity index (χ0) is 11.5. The second kappa shape index (κ2) is 4.52. The van der Waals surface area contributed by atoms with Crippen LogP contribution in [0.2, 0.25) is 5.02 Å². The molecule has 80 valence electrons. The highest BCUT2D eigenvalue weighted by atomic mass is 35.5. The molecule has 0 unspecified atom stereocenters. The first-order valence-electron chi connectivity index (χ1n) is 4.47. The standard InChI is InChI=1S/C11H12ClNO2/c1-11(2,14)7-15-9-4-3-8(6-13)10(12)5-9/h3-5,14H,7H2,1-2H3. The molecule has 0 heterocycles. The van der Waals surface area contributed by atoms with Crippen molar-refractivity contribution in [2.75, 3.05) is 6.61 Å². The van der Waals surface area contributed by atoms with Crippen LogP contribution >= 0.6 is 11.6 Å². The van der Waals surface area contributed by atoms with Crippen molar-refractivity contribution in [2.45, 2.75) is 19.4 Å². The SMILES string of the molecule is CC(C)(O)COc1ccc(C#N)c(Cl)c1. The summed E-state index contributed by atoms with van der Waals surface area (Å²) in [5.74, 6) is 0.543. The lowest BCUT2D eigenvalue weighted by Gasteiger charge is -2.17. The number of halogens is 1. The van der Waals surface area contributed by atoms with Crippen LogP contribution in [0.15, 0.2) is 18.2 Å². The molecule has 0 aliphatic rings. The molecule has 0 bridgehead atoms. The normalized spacial score (nSPS) is 10.9. The van der Waals surface area contributed by atoms with E-state index in [0.29, 0.717) is 16.3 Å². The van der Waals surface area contributed by atoms with Gasteiger partial charge in [0, 0.05) is 6.07 Å². The van der Waals surface area contributed by atoms with E-state index in [0.717, 1.165) is 0 Å². The van der Waals surface area contributed by atoms with Gasteiger partial charge >= 0.3 is 0 Å². The Bertz CT molecular complexity index is 391. The minimum absolute atomic E-state index is 0.176. The molecule has 0 radical (unpaired) electrons. The first kappa shape index (κ1) is 11.8. The molecule has 0 fully saturated rings. The summed E-state index contributed by atoms with van der Waals surface area (Å²) < 4.78 is 5.31. The Balaban J connectivity index is 2.73. The lowest BCUT2D eigenvalue weighted by molar-refractivity contribution is 0.0285. The summed E-state index contributed by atoms with van der Waals surface area (Å²) in [7, 11) is 0. The second-order valence-corrected chi connectivity index (χ2v) is 4.26. The van der Waals surface area contributed by atoms with Gasteiger partial charge in [-0.3, -0.25) is 0 Å². The van der Waals surface area contributed by atoms with Gasteiger partial charge in [-0.2, -0.15) is 5.26 Å². The number of aliphatic hydroxyl groups is 1. The van der Waals surface area contributed by atoms with Gasteiger partial charge in [0.1, 0.15) is 18.4 Å². The molecule has 0 saturated heterocycles. The first-order valence-corrected chi connectivity index (χ1v) is 4.85. The fourth-order valence-electron chi connectivity index (χ4n) is 0.936. The lowest BCUT2D eigenvalue weighted by Crippen LogP contribution is -2.27. The molecule has 0 atom stereocenters. The van der Waals surface area contributed by atoms with E-state index < -0.39 is 5.60 Å². The zero-order valence-electron chi connectivity index (χ0n) is 8.62. The van der Waals surface area contributed by atoms with Crippen LogP contribution in [0.1, 0.15) is 19.4 Å². The molecule has 0 amide bonds. The molecule has 0 aromatic heterocycles. The smallest absolute Gasteiger partial charge is 0.121 e. The van der Waals surface area contributed by atoms with Crippen molar-refractivity contribution in [1.82, 2.24) is 0 Å².